The van der Waals surface area contributed by atoms with Crippen molar-refractivity contribution in [1.29, 1.82) is 0 Å². The van der Waals surface area contributed by atoms with Crippen LogP contribution in [0.4, 0.5) is 0 Å². The van der Waals surface area contributed by atoms with Crippen LogP contribution in [0.5, 0.6) is 0 Å². The van der Waals surface area contributed by atoms with E-state index in [0.29, 0.717) is 18.9 Å². The minimum Gasteiger partial charge on any atom is -0.465 e. The number of carbonyl (C=O) groups excluding carboxylic acids is 1. The van der Waals surface area contributed by atoms with Gasteiger partial charge >= 0.3 is 5.97 Å². The van der Waals surface area contributed by atoms with Crippen molar-refractivity contribution in [3.63, 3.8) is 0 Å². The standard InChI is InChI=1S/C18H22N2O4S2/c1-12(13-6-4-3-5-7-13)10-20-9-8-14-15(11-20)25-18(26(19,22)23)16(14)17(21)24-2/h3-7,12H,8-11H2,1-2H3,(H2,19,22,23). The molecule has 0 spiro atoms. The fourth-order valence-electron chi connectivity index (χ4n) is 3.37. The van der Waals surface area contributed by atoms with E-state index in [9.17, 15) is 13.2 Å². The Morgan fingerprint density at radius 3 is 2.65 bits per heavy atom. The lowest BCUT2D eigenvalue weighted by Gasteiger charge is -2.29. The SMILES string of the molecule is COC(=O)c1c(S(N)(=O)=O)sc2c1CCN(CC(C)c1ccccc1)C2. The van der Waals surface area contributed by atoms with Crippen molar-refractivity contribution < 1.29 is 17.9 Å². The molecular weight excluding hydrogens is 372 g/mol. The molecule has 1 aliphatic heterocycles. The van der Waals surface area contributed by atoms with E-state index in [0.717, 1.165) is 34.9 Å². The summed E-state index contributed by atoms with van der Waals surface area (Å²) in [4.78, 5) is 15.3. The molecule has 0 bridgehead atoms. The summed E-state index contributed by atoms with van der Waals surface area (Å²) in [6, 6.07) is 10.3. The van der Waals surface area contributed by atoms with Gasteiger partial charge in [0.25, 0.3) is 0 Å². The van der Waals surface area contributed by atoms with Gasteiger partial charge in [-0.1, -0.05) is 37.3 Å². The number of hydrogen-bond donors (Lipinski definition) is 1. The molecule has 8 heteroatoms. The van der Waals surface area contributed by atoms with Crippen LogP contribution in [0.2, 0.25) is 0 Å². The summed E-state index contributed by atoms with van der Waals surface area (Å²) >= 11 is 1.08. The molecule has 2 N–H and O–H groups in total. The number of esters is 1. The van der Waals surface area contributed by atoms with Crippen LogP contribution in [0.1, 0.15) is 39.2 Å². The number of thiophene rings is 1. The highest BCUT2D eigenvalue weighted by Crippen LogP contribution is 2.36. The molecule has 0 amide bonds. The van der Waals surface area contributed by atoms with E-state index in [2.05, 4.69) is 24.0 Å². The third-order valence-electron chi connectivity index (χ3n) is 4.65. The van der Waals surface area contributed by atoms with E-state index in [1.165, 1.54) is 12.7 Å². The lowest BCUT2D eigenvalue weighted by molar-refractivity contribution is 0.0595. The van der Waals surface area contributed by atoms with Crippen LogP contribution < -0.4 is 5.14 Å². The number of nitrogens with two attached hydrogens (primary N) is 1. The summed E-state index contributed by atoms with van der Waals surface area (Å²) in [5, 5.41) is 5.31. The monoisotopic (exact) mass is 394 g/mol. The molecule has 2 heterocycles. The van der Waals surface area contributed by atoms with Crippen LogP contribution >= 0.6 is 11.3 Å². The number of hydrogen-bond acceptors (Lipinski definition) is 6. The molecule has 2 aromatic rings. The second-order valence-corrected chi connectivity index (χ2v) is 9.36. The summed E-state index contributed by atoms with van der Waals surface area (Å²) in [7, 11) is -2.72. The van der Waals surface area contributed by atoms with Crippen molar-refractivity contribution in [2.24, 2.45) is 5.14 Å². The van der Waals surface area contributed by atoms with Crippen LogP contribution in [0.3, 0.4) is 0 Å². The molecule has 140 valence electrons. The molecule has 1 aromatic heterocycles. The number of fused-ring (bicyclic) bond motifs is 1. The zero-order valence-corrected chi connectivity index (χ0v) is 16.4. The molecule has 0 saturated heterocycles. The summed E-state index contributed by atoms with van der Waals surface area (Å²) in [6.07, 6.45) is 0.604. The number of rotatable bonds is 5. The first-order chi connectivity index (χ1) is 12.3. The first-order valence-electron chi connectivity index (χ1n) is 8.34. The molecular formula is C18H22N2O4S2. The van der Waals surface area contributed by atoms with E-state index in [1.807, 2.05) is 18.2 Å². The van der Waals surface area contributed by atoms with Crippen LogP contribution in [-0.4, -0.2) is 39.5 Å². The normalized spacial score (nSPS) is 16.1. The van der Waals surface area contributed by atoms with Crippen molar-refractivity contribution in [2.45, 2.75) is 30.0 Å². The maximum absolute atomic E-state index is 12.1. The number of nitrogens with zero attached hydrogens (tertiary/aromatic N) is 1. The highest BCUT2D eigenvalue weighted by Gasteiger charge is 2.32. The Bertz CT molecular complexity index is 907. The van der Waals surface area contributed by atoms with E-state index >= 15 is 0 Å². The molecule has 26 heavy (non-hydrogen) atoms. The molecule has 0 fully saturated rings. The third kappa shape index (κ3) is 3.83. The van der Waals surface area contributed by atoms with E-state index in [1.54, 1.807) is 0 Å². The first kappa shape index (κ1) is 19.0. The topological polar surface area (TPSA) is 89.7 Å². The fraction of sp³-hybridized carbons (Fsp3) is 0.389. The van der Waals surface area contributed by atoms with Gasteiger partial charge in [0.2, 0.25) is 10.0 Å². The lowest BCUT2D eigenvalue weighted by Crippen LogP contribution is -2.33. The van der Waals surface area contributed by atoms with Crippen molar-refractivity contribution in [2.75, 3.05) is 20.2 Å². The molecule has 3 rings (SSSR count). The van der Waals surface area contributed by atoms with Gasteiger partial charge < -0.3 is 4.74 Å². The molecule has 1 unspecified atom stereocenters. The summed E-state index contributed by atoms with van der Waals surface area (Å²) in [5.74, 6) is -0.284. The van der Waals surface area contributed by atoms with Gasteiger partial charge in [0, 0.05) is 24.5 Å². The molecule has 0 radical (unpaired) electrons. The molecule has 1 atom stereocenters. The number of primary sulfonamides is 1. The molecule has 0 saturated carbocycles. The van der Waals surface area contributed by atoms with Gasteiger partial charge in [-0.2, -0.15) is 0 Å². The number of carbonyl (C=O) groups is 1. The van der Waals surface area contributed by atoms with Gasteiger partial charge in [-0.15, -0.1) is 11.3 Å². The summed E-state index contributed by atoms with van der Waals surface area (Å²) in [6.45, 7) is 4.40. The van der Waals surface area contributed by atoms with Crippen molar-refractivity contribution in [1.82, 2.24) is 4.90 Å². The molecule has 1 aromatic carbocycles. The van der Waals surface area contributed by atoms with Gasteiger partial charge in [0.05, 0.1) is 12.7 Å². The quantitative estimate of drug-likeness (QED) is 0.786. The number of methoxy groups -OCH3 is 1. The predicted octanol–water partition coefficient (Wildman–Crippen LogP) is 2.34. The second-order valence-electron chi connectivity index (χ2n) is 6.50. The number of sulfonamides is 1. The van der Waals surface area contributed by atoms with Gasteiger partial charge in [0.15, 0.2) is 0 Å². The highest BCUT2D eigenvalue weighted by atomic mass is 32.2. The fourth-order valence-corrected chi connectivity index (χ4v) is 5.73. The summed E-state index contributed by atoms with van der Waals surface area (Å²) < 4.78 is 28.5. The summed E-state index contributed by atoms with van der Waals surface area (Å²) in [5.41, 5.74) is 2.14. The van der Waals surface area contributed by atoms with Gasteiger partial charge in [-0.05, 0) is 23.5 Å². The van der Waals surface area contributed by atoms with E-state index < -0.39 is 16.0 Å². The van der Waals surface area contributed by atoms with Crippen LogP contribution in [0.15, 0.2) is 34.5 Å². The Morgan fingerprint density at radius 2 is 2.04 bits per heavy atom. The third-order valence-corrected chi connectivity index (χ3v) is 7.33. The van der Waals surface area contributed by atoms with Crippen LogP contribution in [0, 0.1) is 0 Å². The zero-order chi connectivity index (χ0) is 18.9. The first-order valence-corrected chi connectivity index (χ1v) is 10.7. The largest absolute Gasteiger partial charge is 0.465 e. The maximum atomic E-state index is 12.1. The molecule has 6 nitrogen and oxygen atoms in total. The number of ether oxygens (including phenoxy) is 1. The van der Waals surface area contributed by atoms with Gasteiger partial charge in [-0.25, -0.2) is 18.4 Å². The Morgan fingerprint density at radius 1 is 1.35 bits per heavy atom. The van der Waals surface area contributed by atoms with Gasteiger partial charge in [0.1, 0.15) is 4.21 Å². The predicted molar refractivity (Wildman–Crippen MR) is 101 cm³/mol. The van der Waals surface area contributed by atoms with E-state index in [-0.39, 0.29) is 9.77 Å². The van der Waals surface area contributed by atoms with Crippen LogP contribution in [0.25, 0.3) is 0 Å². The Hall–Kier alpha value is -1.74. The Kier molecular flexibility index (Phi) is 5.47. The maximum Gasteiger partial charge on any atom is 0.340 e. The van der Waals surface area contributed by atoms with Gasteiger partial charge in [-0.3, -0.25) is 4.90 Å². The minimum absolute atomic E-state index is 0.0905. The number of benzene rings is 1. The molecule has 0 aliphatic carbocycles. The highest BCUT2D eigenvalue weighted by molar-refractivity contribution is 7.91. The lowest BCUT2D eigenvalue weighted by atomic mass is 9.98. The zero-order valence-electron chi connectivity index (χ0n) is 14.8. The van der Waals surface area contributed by atoms with Crippen LogP contribution in [-0.2, 0) is 27.7 Å². The second kappa shape index (κ2) is 7.48. The Labute approximate surface area is 157 Å². The van der Waals surface area contributed by atoms with E-state index in [4.69, 9.17) is 9.88 Å². The smallest absolute Gasteiger partial charge is 0.340 e. The average molecular weight is 395 g/mol. The van der Waals surface area contributed by atoms with Crippen molar-refractivity contribution >= 4 is 27.3 Å². The molecule has 1 aliphatic rings. The Balaban J connectivity index is 1.85. The van der Waals surface area contributed by atoms with Crippen molar-refractivity contribution in [3.05, 3.63) is 51.9 Å². The van der Waals surface area contributed by atoms with Crippen molar-refractivity contribution in [3.8, 4) is 0 Å². The average Bonchev–Trinajstić information content (AvgIpc) is 3.01. The minimum atomic E-state index is -3.97.